The van der Waals surface area contributed by atoms with Crippen LogP contribution in [0.3, 0.4) is 0 Å². The maximum Gasteiger partial charge on any atom is 0.191 e. The number of aliphatic imine (C=N–C) groups is 1. The predicted molar refractivity (Wildman–Crippen MR) is 115 cm³/mol. The van der Waals surface area contributed by atoms with Crippen molar-refractivity contribution in [2.24, 2.45) is 12.0 Å². The van der Waals surface area contributed by atoms with Crippen molar-refractivity contribution in [1.82, 2.24) is 25.3 Å². The minimum Gasteiger partial charge on any atom is -0.496 e. The van der Waals surface area contributed by atoms with Gasteiger partial charge in [-0.1, -0.05) is 17.7 Å². The Morgan fingerprint density at radius 3 is 2.68 bits per heavy atom. The maximum atomic E-state index is 5.54. The molecular weight excluding hydrogens is 352 g/mol. The molecule has 0 saturated heterocycles. The summed E-state index contributed by atoms with van der Waals surface area (Å²) < 4.78 is 7.36. The SMILES string of the molecule is CCNC(=NCC(c1cnn(C)c1)N(C)C)NC(C)c1cc(C)ccc1OC. The monoisotopic (exact) mass is 386 g/mol. The summed E-state index contributed by atoms with van der Waals surface area (Å²) in [4.78, 5) is 7.00. The third-order valence-electron chi connectivity index (χ3n) is 4.70. The van der Waals surface area contributed by atoms with E-state index in [4.69, 9.17) is 9.73 Å². The number of hydrogen-bond acceptors (Lipinski definition) is 4. The van der Waals surface area contributed by atoms with Gasteiger partial charge in [0.05, 0.1) is 31.9 Å². The average molecular weight is 387 g/mol. The lowest BCUT2D eigenvalue weighted by Gasteiger charge is -2.24. The number of nitrogens with one attached hydrogen (secondary N) is 2. The molecule has 7 heteroatoms. The number of aryl methyl sites for hydroxylation is 2. The van der Waals surface area contributed by atoms with Crippen LogP contribution in [-0.2, 0) is 7.05 Å². The molecule has 1 aromatic carbocycles. The van der Waals surface area contributed by atoms with Crippen molar-refractivity contribution >= 4 is 5.96 Å². The van der Waals surface area contributed by atoms with Gasteiger partial charge in [0.2, 0.25) is 0 Å². The zero-order chi connectivity index (χ0) is 20.7. The van der Waals surface area contributed by atoms with Crippen molar-refractivity contribution in [3.05, 3.63) is 47.3 Å². The zero-order valence-electron chi connectivity index (χ0n) is 18.2. The van der Waals surface area contributed by atoms with E-state index in [1.807, 2.05) is 30.2 Å². The number of methoxy groups -OCH3 is 1. The molecule has 0 spiro atoms. The lowest BCUT2D eigenvalue weighted by Crippen LogP contribution is -2.39. The predicted octanol–water partition coefficient (Wildman–Crippen LogP) is 2.66. The van der Waals surface area contributed by atoms with Gasteiger partial charge in [0.15, 0.2) is 5.96 Å². The van der Waals surface area contributed by atoms with E-state index in [1.165, 1.54) is 5.56 Å². The lowest BCUT2D eigenvalue weighted by atomic mass is 10.0. The van der Waals surface area contributed by atoms with Gasteiger partial charge in [0.25, 0.3) is 0 Å². The molecule has 0 fully saturated rings. The minimum absolute atomic E-state index is 0.0591. The van der Waals surface area contributed by atoms with Crippen molar-refractivity contribution in [3.8, 4) is 5.75 Å². The Morgan fingerprint density at radius 2 is 2.11 bits per heavy atom. The molecule has 0 saturated carbocycles. The highest BCUT2D eigenvalue weighted by Crippen LogP contribution is 2.26. The van der Waals surface area contributed by atoms with Crippen LogP contribution in [0.5, 0.6) is 5.75 Å². The van der Waals surface area contributed by atoms with Gasteiger partial charge in [0, 0.05) is 30.9 Å². The normalized spacial score (nSPS) is 14.1. The van der Waals surface area contributed by atoms with Crippen LogP contribution in [0.1, 0.15) is 42.6 Å². The third-order valence-corrected chi connectivity index (χ3v) is 4.70. The standard InChI is InChI=1S/C21H34N6O/c1-8-22-21(23-13-19(26(4)5)17-12-24-27(6)14-17)25-16(3)18-11-15(2)9-10-20(18)28-7/h9-12,14,16,19H,8,13H2,1-7H3,(H2,22,23,25). The molecule has 2 atom stereocenters. The van der Waals surface area contributed by atoms with Crippen LogP contribution in [0.4, 0.5) is 0 Å². The second-order valence-corrected chi connectivity index (χ2v) is 7.26. The Labute approximate surface area is 168 Å². The molecule has 0 aliphatic heterocycles. The molecular formula is C21H34N6O. The number of guanidine groups is 1. The van der Waals surface area contributed by atoms with E-state index in [9.17, 15) is 0 Å². The zero-order valence-corrected chi connectivity index (χ0v) is 18.2. The van der Waals surface area contributed by atoms with E-state index in [0.29, 0.717) is 6.54 Å². The molecule has 2 unspecified atom stereocenters. The van der Waals surface area contributed by atoms with E-state index in [1.54, 1.807) is 7.11 Å². The molecule has 0 amide bonds. The highest BCUT2D eigenvalue weighted by Gasteiger charge is 2.17. The summed E-state index contributed by atoms with van der Waals surface area (Å²) >= 11 is 0. The summed E-state index contributed by atoms with van der Waals surface area (Å²) in [7, 11) is 7.76. The van der Waals surface area contributed by atoms with Gasteiger partial charge in [-0.05, 0) is 40.9 Å². The first-order valence-corrected chi connectivity index (χ1v) is 9.70. The number of aromatic nitrogens is 2. The molecule has 7 nitrogen and oxygen atoms in total. The largest absolute Gasteiger partial charge is 0.496 e. The van der Waals surface area contributed by atoms with Crippen LogP contribution in [0.25, 0.3) is 0 Å². The molecule has 0 aliphatic rings. The molecule has 1 aromatic heterocycles. The Kier molecular flexibility index (Phi) is 7.87. The van der Waals surface area contributed by atoms with Gasteiger partial charge >= 0.3 is 0 Å². The first-order chi connectivity index (χ1) is 13.3. The third kappa shape index (κ3) is 5.73. The van der Waals surface area contributed by atoms with Crippen molar-refractivity contribution in [3.63, 3.8) is 0 Å². The molecule has 2 aromatic rings. The second kappa shape index (κ2) is 10.1. The first-order valence-electron chi connectivity index (χ1n) is 9.70. The van der Waals surface area contributed by atoms with Gasteiger partial charge < -0.3 is 20.3 Å². The molecule has 28 heavy (non-hydrogen) atoms. The second-order valence-electron chi connectivity index (χ2n) is 7.26. The molecule has 0 radical (unpaired) electrons. The van der Waals surface area contributed by atoms with Gasteiger partial charge in [-0.3, -0.25) is 9.67 Å². The Morgan fingerprint density at radius 1 is 1.36 bits per heavy atom. The van der Waals surface area contributed by atoms with Crippen LogP contribution in [0.15, 0.2) is 35.6 Å². The number of rotatable bonds is 8. The minimum atomic E-state index is 0.0591. The quantitative estimate of drug-likeness (QED) is 0.539. The molecule has 0 aliphatic carbocycles. The fourth-order valence-corrected chi connectivity index (χ4v) is 3.15. The van der Waals surface area contributed by atoms with Crippen molar-refractivity contribution in [1.29, 1.82) is 0 Å². The van der Waals surface area contributed by atoms with E-state index < -0.39 is 0 Å². The Balaban J connectivity index is 2.18. The van der Waals surface area contributed by atoms with E-state index >= 15 is 0 Å². The highest BCUT2D eigenvalue weighted by atomic mass is 16.5. The fraction of sp³-hybridized carbons (Fsp3) is 0.524. The molecule has 2 rings (SSSR count). The van der Waals surface area contributed by atoms with Gasteiger partial charge in [0.1, 0.15) is 5.75 Å². The molecule has 154 valence electrons. The molecule has 0 bridgehead atoms. The molecule has 2 N–H and O–H groups in total. The number of benzene rings is 1. The van der Waals surface area contributed by atoms with Crippen LogP contribution in [0.2, 0.25) is 0 Å². The van der Waals surface area contributed by atoms with Gasteiger partial charge in [-0.2, -0.15) is 5.10 Å². The summed E-state index contributed by atoms with van der Waals surface area (Å²) in [6, 6.07) is 6.44. The fourth-order valence-electron chi connectivity index (χ4n) is 3.15. The summed E-state index contributed by atoms with van der Waals surface area (Å²) in [5.41, 5.74) is 3.47. The van der Waals surface area contributed by atoms with E-state index in [0.717, 1.165) is 29.4 Å². The van der Waals surface area contributed by atoms with Gasteiger partial charge in [-0.15, -0.1) is 0 Å². The number of ether oxygens (including phenoxy) is 1. The maximum absolute atomic E-state index is 5.54. The highest BCUT2D eigenvalue weighted by molar-refractivity contribution is 5.80. The first kappa shape index (κ1) is 21.8. The number of nitrogens with zero attached hydrogens (tertiary/aromatic N) is 4. The van der Waals surface area contributed by atoms with Crippen molar-refractivity contribution < 1.29 is 4.74 Å². The summed E-state index contributed by atoms with van der Waals surface area (Å²) in [5.74, 6) is 1.66. The van der Waals surface area contributed by atoms with E-state index in [2.05, 4.69) is 67.6 Å². The Hall–Kier alpha value is -2.54. The van der Waals surface area contributed by atoms with Crippen molar-refractivity contribution in [2.75, 3.05) is 34.3 Å². The topological polar surface area (TPSA) is 66.7 Å². The average Bonchev–Trinajstić information content (AvgIpc) is 3.07. The molecule has 1 heterocycles. The lowest BCUT2D eigenvalue weighted by molar-refractivity contribution is 0.306. The summed E-state index contributed by atoms with van der Waals surface area (Å²) in [5, 5.41) is 11.1. The number of hydrogen-bond donors (Lipinski definition) is 2. The van der Waals surface area contributed by atoms with Crippen LogP contribution in [-0.4, -0.2) is 54.9 Å². The van der Waals surface area contributed by atoms with Crippen molar-refractivity contribution in [2.45, 2.75) is 32.9 Å². The van der Waals surface area contributed by atoms with Crippen LogP contribution >= 0.6 is 0 Å². The van der Waals surface area contributed by atoms with E-state index in [-0.39, 0.29) is 12.1 Å². The Bertz CT molecular complexity index is 783. The smallest absolute Gasteiger partial charge is 0.191 e. The van der Waals surface area contributed by atoms with Crippen LogP contribution in [0, 0.1) is 6.92 Å². The summed E-state index contributed by atoms with van der Waals surface area (Å²) in [6.45, 7) is 7.70. The number of likely N-dealkylation sites (N-methyl/N-ethyl adjacent to an activating group) is 1. The summed E-state index contributed by atoms with van der Waals surface area (Å²) in [6.07, 6.45) is 3.95. The van der Waals surface area contributed by atoms with Crippen LogP contribution < -0.4 is 15.4 Å². The van der Waals surface area contributed by atoms with Gasteiger partial charge in [-0.25, -0.2) is 0 Å².